The number of amides is 1. The molecule has 7 nitrogen and oxygen atoms in total. The molecule has 0 spiro atoms. The molecule has 0 aliphatic carbocycles. The quantitative estimate of drug-likeness (QED) is 0.516. The van der Waals surface area contributed by atoms with Crippen molar-refractivity contribution in [3.63, 3.8) is 0 Å². The number of benzene rings is 1. The van der Waals surface area contributed by atoms with Crippen LogP contribution in [0.4, 0.5) is 5.69 Å². The van der Waals surface area contributed by atoms with E-state index in [0.29, 0.717) is 11.3 Å². The van der Waals surface area contributed by atoms with Gasteiger partial charge in [-0.25, -0.2) is 8.42 Å². The average molecular weight is 302 g/mol. The third kappa shape index (κ3) is 4.19. The van der Waals surface area contributed by atoms with Crippen molar-refractivity contribution in [3.05, 3.63) is 29.8 Å². The minimum Gasteiger partial charge on any atom is -0.395 e. The Balaban J connectivity index is 2.91. The van der Waals surface area contributed by atoms with Gasteiger partial charge in [-0.05, 0) is 24.1 Å². The highest BCUT2D eigenvalue weighted by Gasteiger charge is 2.35. The summed E-state index contributed by atoms with van der Waals surface area (Å²) in [5.41, 5.74) is 4.81. The van der Waals surface area contributed by atoms with Gasteiger partial charge in [0.05, 0.1) is 24.9 Å². The van der Waals surface area contributed by atoms with Crippen LogP contribution in [-0.2, 0) is 21.2 Å². The first-order chi connectivity index (χ1) is 9.22. The lowest BCUT2D eigenvalue weighted by molar-refractivity contribution is -0.132. The van der Waals surface area contributed by atoms with Gasteiger partial charge in [0, 0.05) is 5.69 Å². The van der Waals surface area contributed by atoms with Crippen molar-refractivity contribution in [3.8, 4) is 0 Å². The largest absolute Gasteiger partial charge is 0.395 e. The maximum atomic E-state index is 11.4. The second-order valence-electron chi connectivity index (χ2n) is 4.71. The third-order valence-corrected chi connectivity index (χ3v) is 3.53. The molecule has 0 unspecified atom stereocenters. The normalized spacial score (nSPS) is 12.2. The van der Waals surface area contributed by atoms with Gasteiger partial charge in [0.2, 0.25) is 15.9 Å². The van der Waals surface area contributed by atoms with Crippen molar-refractivity contribution in [2.24, 2.45) is 11.1 Å². The first-order valence-corrected chi connectivity index (χ1v) is 7.70. The number of primary amides is 1. The molecule has 1 aromatic rings. The predicted octanol–water partition coefficient (Wildman–Crippen LogP) is -0.943. The summed E-state index contributed by atoms with van der Waals surface area (Å²) in [5, 5.41) is 18.5. The number of carbonyl (C=O) groups excluding carboxylic acids is 1. The van der Waals surface area contributed by atoms with Crippen LogP contribution in [0.2, 0.25) is 0 Å². The molecule has 0 fully saturated rings. The highest BCUT2D eigenvalue weighted by molar-refractivity contribution is 7.92. The first kappa shape index (κ1) is 16.4. The van der Waals surface area contributed by atoms with Crippen molar-refractivity contribution in [1.29, 1.82) is 0 Å². The van der Waals surface area contributed by atoms with Crippen molar-refractivity contribution in [1.82, 2.24) is 0 Å². The van der Waals surface area contributed by atoms with Crippen molar-refractivity contribution >= 4 is 21.6 Å². The number of nitrogens with two attached hydrogens (primary N) is 1. The molecule has 0 radical (unpaired) electrons. The number of nitrogens with one attached hydrogen (secondary N) is 1. The van der Waals surface area contributed by atoms with E-state index in [0.717, 1.165) is 6.26 Å². The zero-order valence-corrected chi connectivity index (χ0v) is 11.9. The number of carbonyl (C=O) groups is 1. The number of rotatable bonds is 7. The fourth-order valence-corrected chi connectivity index (χ4v) is 2.26. The smallest absolute Gasteiger partial charge is 0.229 e. The fourth-order valence-electron chi connectivity index (χ4n) is 1.70. The zero-order chi connectivity index (χ0) is 15.4. The minimum absolute atomic E-state index is 0.0640. The van der Waals surface area contributed by atoms with E-state index >= 15 is 0 Å². The van der Waals surface area contributed by atoms with E-state index in [9.17, 15) is 23.4 Å². The Bertz CT molecular complexity index is 564. The Morgan fingerprint density at radius 2 is 1.75 bits per heavy atom. The van der Waals surface area contributed by atoms with E-state index in [1.807, 2.05) is 0 Å². The van der Waals surface area contributed by atoms with E-state index in [1.165, 1.54) is 12.1 Å². The molecule has 0 heterocycles. The van der Waals surface area contributed by atoms with Crippen molar-refractivity contribution in [2.45, 2.75) is 6.42 Å². The summed E-state index contributed by atoms with van der Waals surface area (Å²) in [4.78, 5) is 11.4. The standard InChI is InChI=1S/C12H18N2O5S/c1-20(18,19)14-10-4-2-9(3-5-10)6-12(7-15,8-16)11(13)17/h2-5,14-16H,6-8H2,1H3,(H2,13,17). The van der Waals surface area contributed by atoms with Crippen LogP contribution in [-0.4, -0.2) is 44.0 Å². The van der Waals surface area contributed by atoms with E-state index in [-0.39, 0.29) is 6.42 Å². The van der Waals surface area contributed by atoms with Crippen LogP contribution in [0.3, 0.4) is 0 Å². The summed E-state index contributed by atoms with van der Waals surface area (Å²) in [7, 11) is -3.35. The highest BCUT2D eigenvalue weighted by Crippen LogP contribution is 2.23. The maximum Gasteiger partial charge on any atom is 0.229 e. The second kappa shape index (κ2) is 6.21. The summed E-state index contributed by atoms with van der Waals surface area (Å²) in [6.45, 7) is -1.13. The lowest BCUT2D eigenvalue weighted by Crippen LogP contribution is -2.45. The van der Waals surface area contributed by atoms with Gasteiger partial charge in [-0.2, -0.15) is 0 Å². The maximum absolute atomic E-state index is 11.4. The number of aliphatic hydroxyl groups is 2. The molecule has 5 N–H and O–H groups in total. The molecule has 1 rings (SSSR count). The number of sulfonamides is 1. The summed E-state index contributed by atoms with van der Waals surface area (Å²) in [6, 6.07) is 6.24. The van der Waals surface area contributed by atoms with Crippen LogP contribution >= 0.6 is 0 Å². The van der Waals surface area contributed by atoms with Crippen LogP contribution < -0.4 is 10.5 Å². The van der Waals surface area contributed by atoms with Gasteiger partial charge in [-0.1, -0.05) is 12.1 Å². The SMILES string of the molecule is CS(=O)(=O)Nc1ccc(CC(CO)(CO)C(N)=O)cc1. The van der Waals surface area contributed by atoms with Crippen LogP contribution in [0.15, 0.2) is 24.3 Å². The minimum atomic E-state index is -3.35. The molecule has 8 heteroatoms. The Morgan fingerprint density at radius 3 is 2.10 bits per heavy atom. The van der Waals surface area contributed by atoms with Gasteiger partial charge in [-0.3, -0.25) is 9.52 Å². The summed E-state index contributed by atoms with van der Waals surface area (Å²) in [5.74, 6) is -0.791. The van der Waals surface area contributed by atoms with Crippen molar-refractivity contribution < 1.29 is 23.4 Å². The summed E-state index contributed by atoms with van der Waals surface area (Å²) < 4.78 is 24.4. The molecule has 0 aliphatic rings. The van der Waals surface area contributed by atoms with Gasteiger partial charge < -0.3 is 15.9 Å². The van der Waals surface area contributed by atoms with E-state index in [2.05, 4.69) is 4.72 Å². The van der Waals surface area contributed by atoms with E-state index in [1.54, 1.807) is 12.1 Å². The number of hydrogen-bond donors (Lipinski definition) is 4. The Kier molecular flexibility index (Phi) is 5.09. The Morgan fingerprint density at radius 1 is 1.25 bits per heavy atom. The fraction of sp³-hybridized carbons (Fsp3) is 0.417. The Labute approximate surface area is 117 Å². The molecule has 0 aromatic heterocycles. The number of hydrogen-bond acceptors (Lipinski definition) is 5. The summed E-state index contributed by atoms with van der Waals surface area (Å²) in [6.07, 6.45) is 1.10. The topological polar surface area (TPSA) is 130 Å². The van der Waals surface area contributed by atoms with Crippen molar-refractivity contribution in [2.75, 3.05) is 24.2 Å². The molecule has 0 saturated heterocycles. The van der Waals surface area contributed by atoms with Crippen LogP contribution in [0.1, 0.15) is 5.56 Å². The third-order valence-electron chi connectivity index (χ3n) is 2.93. The lowest BCUT2D eigenvalue weighted by Gasteiger charge is -2.26. The molecule has 20 heavy (non-hydrogen) atoms. The van der Waals surface area contributed by atoms with Gasteiger partial charge in [-0.15, -0.1) is 0 Å². The Hall–Kier alpha value is -1.64. The predicted molar refractivity (Wildman–Crippen MR) is 74.4 cm³/mol. The lowest BCUT2D eigenvalue weighted by atomic mass is 9.82. The molecule has 0 saturated carbocycles. The van der Waals surface area contributed by atoms with E-state index < -0.39 is 34.6 Å². The monoisotopic (exact) mass is 302 g/mol. The van der Waals surface area contributed by atoms with Crippen LogP contribution in [0.25, 0.3) is 0 Å². The molecular weight excluding hydrogens is 284 g/mol. The average Bonchev–Trinajstić information content (AvgIpc) is 2.36. The molecule has 0 aliphatic heterocycles. The zero-order valence-electron chi connectivity index (χ0n) is 11.0. The van der Waals surface area contributed by atoms with Gasteiger partial charge in [0.1, 0.15) is 0 Å². The highest BCUT2D eigenvalue weighted by atomic mass is 32.2. The van der Waals surface area contributed by atoms with Crippen LogP contribution in [0, 0.1) is 5.41 Å². The van der Waals surface area contributed by atoms with Gasteiger partial charge >= 0.3 is 0 Å². The molecule has 1 aromatic carbocycles. The van der Waals surface area contributed by atoms with Gasteiger partial charge in [0.25, 0.3) is 0 Å². The molecule has 0 bridgehead atoms. The van der Waals surface area contributed by atoms with Gasteiger partial charge in [0.15, 0.2) is 0 Å². The molecule has 0 atom stereocenters. The molecule has 1 amide bonds. The van der Waals surface area contributed by atoms with E-state index in [4.69, 9.17) is 5.73 Å². The molecular formula is C12H18N2O5S. The number of aliphatic hydroxyl groups excluding tert-OH is 2. The van der Waals surface area contributed by atoms with Crippen LogP contribution in [0.5, 0.6) is 0 Å². The second-order valence-corrected chi connectivity index (χ2v) is 6.46. The molecule has 112 valence electrons. The number of anilines is 1. The first-order valence-electron chi connectivity index (χ1n) is 5.81. The summed E-state index contributed by atoms with van der Waals surface area (Å²) >= 11 is 0.